The molecule has 0 spiro atoms. The second-order valence-electron chi connectivity index (χ2n) is 22.3. The molecule has 0 N–H and O–H groups in total. The lowest BCUT2D eigenvalue weighted by molar-refractivity contribution is 0.0397. The first-order valence-corrected chi connectivity index (χ1v) is 27.7. The van der Waals surface area contributed by atoms with Crippen molar-refractivity contribution in [2.24, 2.45) is 0 Å². The van der Waals surface area contributed by atoms with Crippen molar-refractivity contribution < 1.29 is 59.6 Å². The number of halogens is 6. The third kappa shape index (κ3) is 9.93. The summed E-state index contributed by atoms with van der Waals surface area (Å²) in [7, 11) is 0. The van der Waals surface area contributed by atoms with Crippen LogP contribution in [0.15, 0.2) is 133 Å². The van der Waals surface area contributed by atoms with Gasteiger partial charge in [-0.25, -0.2) is 55.9 Å². The maximum atomic E-state index is 16.2. The number of pyridine rings is 2. The summed E-state index contributed by atoms with van der Waals surface area (Å²) >= 11 is 0. The summed E-state index contributed by atoms with van der Waals surface area (Å²) in [5, 5.41) is 18.1. The van der Waals surface area contributed by atoms with E-state index in [2.05, 4.69) is 9.97 Å². The van der Waals surface area contributed by atoms with Crippen LogP contribution in [0.4, 0.5) is 26.3 Å². The molecule has 8 heterocycles. The number of carbonyl (C=O) groups is 2. The number of hydrogen-bond donors (Lipinski definition) is 0. The van der Waals surface area contributed by atoms with Crippen LogP contribution in [0.1, 0.15) is 91.4 Å². The summed E-state index contributed by atoms with van der Waals surface area (Å²) in [6, 6.07) is 34.2. The van der Waals surface area contributed by atoms with Crippen molar-refractivity contribution in [3.63, 3.8) is 0 Å². The molecule has 4 aliphatic heterocycles. The highest BCUT2D eigenvalue weighted by atomic mass is 19.1. The van der Waals surface area contributed by atoms with Crippen LogP contribution in [0.5, 0.6) is 11.8 Å². The predicted octanol–water partition coefficient (Wildman–Crippen LogP) is 12.2. The Morgan fingerprint density at radius 2 is 0.931 bits per heavy atom. The van der Waals surface area contributed by atoms with E-state index in [-0.39, 0.29) is 117 Å². The molecule has 0 atom stereocenters. The van der Waals surface area contributed by atoms with Gasteiger partial charge in [0.05, 0.1) is 104 Å². The molecule has 4 bridgehead atoms. The van der Waals surface area contributed by atoms with Crippen molar-refractivity contribution in [1.29, 1.82) is 10.5 Å². The SMILES string of the molecule is N#Cc1ccc(COc2cccc(-c3cc(F)c(Cc4nc5ccc(C(=O)OC(=O)c6ccc7nc(Cc8cc(F)c(-c9cccc(OCc%10ccc(C#N)cc%10F)n9)cc8F)n(C89COC(C8)C9)c7c6)cc5n4C45COC(C4)C5)cc3F)n2)c(F)c1. The molecule has 432 valence electrons. The van der Waals surface area contributed by atoms with E-state index in [1.807, 2.05) is 21.3 Å². The van der Waals surface area contributed by atoms with Crippen molar-refractivity contribution >= 4 is 34.0 Å². The molecule has 0 unspecified atom stereocenters. The van der Waals surface area contributed by atoms with Gasteiger partial charge >= 0.3 is 11.9 Å². The zero-order valence-corrected chi connectivity index (χ0v) is 45.6. The van der Waals surface area contributed by atoms with Crippen LogP contribution in [0.3, 0.4) is 0 Å². The van der Waals surface area contributed by atoms with Crippen molar-refractivity contribution in [3.05, 3.63) is 225 Å². The number of nitrogens with zero attached hydrogens (tertiary/aromatic N) is 8. The molecule has 4 saturated heterocycles. The maximum Gasteiger partial charge on any atom is 0.346 e. The fourth-order valence-corrected chi connectivity index (χ4v) is 12.3. The van der Waals surface area contributed by atoms with Crippen LogP contribution < -0.4 is 9.47 Å². The maximum absolute atomic E-state index is 16.2. The van der Waals surface area contributed by atoms with Crippen molar-refractivity contribution in [2.45, 2.75) is 75.0 Å². The fourth-order valence-electron chi connectivity index (χ4n) is 12.3. The summed E-state index contributed by atoms with van der Waals surface area (Å²) in [5.41, 5.74) is 1.18. The normalized spacial score (nSPS) is 18.9. The van der Waals surface area contributed by atoms with E-state index >= 15 is 17.6 Å². The monoisotopic (exact) mass is 1170 g/mol. The lowest BCUT2D eigenvalue weighted by Crippen LogP contribution is -2.43. The Hall–Kier alpha value is -10.2. The number of ether oxygens (including phenoxy) is 5. The highest BCUT2D eigenvalue weighted by Crippen LogP contribution is 2.52. The van der Waals surface area contributed by atoms with Crippen molar-refractivity contribution in [2.75, 3.05) is 13.2 Å². The van der Waals surface area contributed by atoms with Gasteiger partial charge in [-0.1, -0.05) is 24.3 Å². The second kappa shape index (κ2) is 21.4. The average Bonchev–Trinajstić information content (AvgIpc) is 1.58. The van der Waals surface area contributed by atoms with Gasteiger partial charge in [0.1, 0.15) is 59.8 Å². The predicted molar refractivity (Wildman–Crippen MR) is 299 cm³/mol. The largest absolute Gasteiger partial charge is 0.473 e. The standard InChI is InChI=1S/C66H44F6N8O7/c67-47-15-35(29-73)7-9-39(47)31-83-61-5-1-3-53(77-61)45-23-49(69)41(17-51(45)71)21-59-75-55-13-11-37(19-57(55)79(59)65-25-43(26-65)85-33-65)63(81)87-64(82)38-12-14-56-58(20-38)80(66-27-44(28-66)86-34-66)60(76-56)22-42-18-52(72)46(24-50(42)70)54-4-2-6-62(78-54)84-32-40-10-8-36(30-74)16-48(40)68/h1-20,23-24,43-44H,21-22,25-28,31-34H2. The van der Waals surface area contributed by atoms with Gasteiger partial charge < -0.3 is 32.8 Å². The highest BCUT2D eigenvalue weighted by molar-refractivity contribution is 6.05. The number of fused-ring (bicyclic) bond motifs is 4. The molecule has 4 aromatic heterocycles. The Morgan fingerprint density at radius 1 is 0.506 bits per heavy atom. The topological polar surface area (TPSA) is 189 Å². The van der Waals surface area contributed by atoms with Gasteiger partial charge in [-0.2, -0.15) is 10.5 Å². The minimum Gasteiger partial charge on any atom is -0.473 e. The Kier molecular flexibility index (Phi) is 13.4. The van der Waals surface area contributed by atoms with Crippen LogP contribution in [0.2, 0.25) is 0 Å². The molecule has 6 aliphatic rings. The number of aromatic nitrogens is 6. The van der Waals surface area contributed by atoms with Crippen LogP contribution in [0, 0.1) is 57.6 Å². The molecule has 2 aliphatic carbocycles. The summed E-state index contributed by atoms with van der Waals surface area (Å²) in [4.78, 5) is 46.5. The molecular formula is C66H44F6N8O7. The quantitative estimate of drug-likeness (QED) is 0.0505. The molecule has 15 nitrogen and oxygen atoms in total. The first kappa shape index (κ1) is 54.7. The molecule has 87 heavy (non-hydrogen) atoms. The third-order valence-corrected chi connectivity index (χ3v) is 16.7. The first-order chi connectivity index (χ1) is 42.1. The van der Waals surface area contributed by atoms with E-state index in [4.69, 9.17) is 44.2 Å². The first-order valence-electron chi connectivity index (χ1n) is 27.7. The number of rotatable bonds is 16. The number of nitriles is 2. The molecule has 0 amide bonds. The Balaban J connectivity index is 0.700. The number of carbonyl (C=O) groups excluding carboxylic acids is 2. The van der Waals surface area contributed by atoms with Crippen LogP contribution in [-0.4, -0.2) is 66.4 Å². The minimum absolute atomic E-state index is 0.00613. The van der Waals surface area contributed by atoms with Gasteiger partial charge in [-0.05, 0) is 134 Å². The van der Waals surface area contributed by atoms with E-state index in [0.717, 1.165) is 36.4 Å². The molecule has 0 radical (unpaired) electrons. The highest BCUT2D eigenvalue weighted by Gasteiger charge is 2.56. The van der Waals surface area contributed by atoms with Gasteiger partial charge in [0, 0.05) is 47.2 Å². The van der Waals surface area contributed by atoms with E-state index in [0.29, 0.717) is 72.6 Å². The molecule has 10 aromatic rings. The average molecular weight is 1180 g/mol. The van der Waals surface area contributed by atoms with Gasteiger partial charge in [-0.3, -0.25) is 0 Å². The third-order valence-electron chi connectivity index (χ3n) is 16.7. The summed E-state index contributed by atoms with van der Waals surface area (Å²) in [5.74, 6) is -5.41. The molecule has 6 aromatic carbocycles. The number of imidazole rings is 2. The zero-order valence-electron chi connectivity index (χ0n) is 45.6. The summed E-state index contributed by atoms with van der Waals surface area (Å²) < 4.78 is 127. The van der Waals surface area contributed by atoms with Gasteiger partial charge in [0.15, 0.2) is 0 Å². The summed E-state index contributed by atoms with van der Waals surface area (Å²) in [6.45, 7) is 0.167. The molecule has 6 fully saturated rings. The molecule has 21 heteroatoms. The smallest absolute Gasteiger partial charge is 0.346 e. The molecule has 2 saturated carbocycles. The van der Waals surface area contributed by atoms with Gasteiger partial charge in [-0.15, -0.1) is 0 Å². The molecular weight excluding hydrogens is 1130 g/mol. The number of benzene rings is 6. The summed E-state index contributed by atoms with van der Waals surface area (Å²) in [6.07, 6.45) is 2.11. The number of hydrogen-bond acceptors (Lipinski definition) is 13. The minimum atomic E-state index is -0.969. The van der Waals surface area contributed by atoms with E-state index in [9.17, 15) is 18.4 Å². The lowest BCUT2D eigenvalue weighted by Gasteiger charge is -2.38. The number of esters is 2. The fraction of sp³-hybridized carbons (Fsp3) is 0.212. The van der Waals surface area contributed by atoms with E-state index in [1.165, 1.54) is 60.7 Å². The van der Waals surface area contributed by atoms with E-state index < -0.39 is 57.9 Å². The van der Waals surface area contributed by atoms with Crippen LogP contribution in [0.25, 0.3) is 44.6 Å². The lowest BCUT2D eigenvalue weighted by atomic mass is 9.77. The Labute approximate surface area is 490 Å². The Bertz CT molecular complexity index is 4320. The zero-order chi connectivity index (χ0) is 59.9. The van der Waals surface area contributed by atoms with E-state index in [1.54, 1.807) is 36.4 Å². The Morgan fingerprint density at radius 3 is 1.32 bits per heavy atom. The second-order valence-corrected chi connectivity index (χ2v) is 22.3. The van der Waals surface area contributed by atoms with Crippen LogP contribution in [-0.2, 0) is 51.3 Å². The van der Waals surface area contributed by atoms with Crippen molar-refractivity contribution in [3.8, 4) is 46.4 Å². The van der Waals surface area contributed by atoms with Gasteiger partial charge in [0.2, 0.25) is 11.8 Å². The van der Waals surface area contributed by atoms with Crippen molar-refractivity contribution in [1.82, 2.24) is 29.1 Å². The molecule has 16 rings (SSSR count). The van der Waals surface area contributed by atoms with Gasteiger partial charge in [0.25, 0.3) is 0 Å². The van der Waals surface area contributed by atoms with Crippen LogP contribution >= 0.6 is 0 Å².